The molecule has 0 radical (unpaired) electrons. The second-order valence-electron chi connectivity index (χ2n) is 4.25. The van der Waals surface area contributed by atoms with E-state index in [4.69, 9.17) is 4.99 Å². The summed E-state index contributed by atoms with van der Waals surface area (Å²) in [5.74, 6) is 0. The lowest BCUT2D eigenvalue weighted by Gasteiger charge is -1.98. The van der Waals surface area contributed by atoms with Crippen molar-refractivity contribution >= 4 is 33.8 Å². The highest BCUT2D eigenvalue weighted by atomic mass is 32.2. The van der Waals surface area contributed by atoms with Gasteiger partial charge in [-0.25, -0.2) is 4.99 Å². The summed E-state index contributed by atoms with van der Waals surface area (Å²) in [7, 11) is 0. The van der Waals surface area contributed by atoms with E-state index in [1.807, 2.05) is 18.2 Å². The van der Waals surface area contributed by atoms with Crippen LogP contribution in [0.5, 0.6) is 0 Å². The second kappa shape index (κ2) is 3.75. The summed E-state index contributed by atoms with van der Waals surface area (Å²) in [5.41, 5.74) is 2.18. The van der Waals surface area contributed by atoms with E-state index in [2.05, 4.69) is 40.7 Å². The third-order valence-electron chi connectivity index (χ3n) is 3.11. The highest BCUT2D eigenvalue weighted by Gasteiger charge is 2.07. The molecule has 4 rings (SSSR count). The Bertz CT molecular complexity index is 862. The standard InChI is InChI=1S/C15H10N2S/c1-2-6-11-10(5-1)15-13(16-11)9-18-14-8-4-3-7-12(14)17-15/h1-9,16H. The van der Waals surface area contributed by atoms with Crippen molar-refractivity contribution in [1.29, 1.82) is 0 Å². The van der Waals surface area contributed by atoms with E-state index in [0.717, 1.165) is 21.9 Å². The number of H-pyrrole nitrogens is 1. The zero-order chi connectivity index (χ0) is 11.9. The average molecular weight is 250 g/mol. The summed E-state index contributed by atoms with van der Waals surface area (Å²) in [4.78, 5) is 9.43. The molecule has 1 N–H and O–H groups in total. The lowest BCUT2D eigenvalue weighted by Crippen LogP contribution is -2.21. The molecule has 0 aliphatic carbocycles. The Kier molecular flexibility index (Phi) is 2.08. The normalized spacial score (nSPS) is 13.1. The van der Waals surface area contributed by atoms with Crippen molar-refractivity contribution in [2.45, 2.75) is 4.90 Å². The Balaban J connectivity index is 2.18. The van der Waals surface area contributed by atoms with Crippen LogP contribution in [0.3, 0.4) is 0 Å². The number of fused-ring (bicyclic) bond motifs is 4. The number of aromatic amines is 1. The summed E-state index contributed by atoms with van der Waals surface area (Å²) < 4.78 is 0. The van der Waals surface area contributed by atoms with Crippen LogP contribution in [0.15, 0.2) is 58.4 Å². The number of aromatic nitrogens is 1. The van der Waals surface area contributed by atoms with E-state index in [9.17, 15) is 0 Å². The number of para-hydroxylation sites is 2. The predicted molar refractivity (Wildman–Crippen MR) is 75.5 cm³/mol. The molecule has 1 aliphatic heterocycles. The van der Waals surface area contributed by atoms with E-state index in [-0.39, 0.29) is 0 Å². The molecule has 18 heavy (non-hydrogen) atoms. The topological polar surface area (TPSA) is 28.1 Å². The summed E-state index contributed by atoms with van der Waals surface area (Å²) in [6, 6.07) is 16.5. The van der Waals surface area contributed by atoms with Crippen molar-refractivity contribution in [2.75, 3.05) is 0 Å². The third-order valence-corrected chi connectivity index (χ3v) is 4.06. The Morgan fingerprint density at radius 2 is 1.78 bits per heavy atom. The van der Waals surface area contributed by atoms with Gasteiger partial charge in [0.05, 0.1) is 16.4 Å². The summed E-state index contributed by atoms with van der Waals surface area (Å²) in [6.45, 7) is 0. The van der Waals surface area contributed by atoms with Gasteiger partial charge in [0.2, 0.25) is 0 Å². The van der Waals surface area contributed by atoms with Crippen molar-refractivity contribution in [2.24, 2.45) is 4.99 Å². The second-order valence-corrected chi connectivity index (χ2v) is 5.16. The molecule has 1 aromatic heterocycles. The number of hydrogen-bond donors (Lipinski definition) is 1. The molecule has 0 amide bonds. The molecular formula is C15H10N2S. The molecule has 2 nitrogen and oxygen atoms in total. The van der Waals surface area contributed by atoms with E-state index in [1.165, 1.54) is 10.3 Å². The molecule has 0 unspecified atom stereocenters. The number of benzene rings is 2. The Labute approximate surface area is 108 Å². The van der Waals surface area contributed by atoms with Gasteiger partial charge in [-0.2, -0.15) is 0 Å². The van der Waals surface area contributed by atoms with Gasteiger partial charge < -0.3 is 4.98 Å². The van der Waals surface area contributed by atoms with Gasteiger partial charge in [0.25, 0.3) is 0 Å². The van der Waals surface area contributed by atoms with Crippen LogP contribution >= 0.6 is 11.8 Å². The molecule has 3 heteroatoms. The van der Waals surface area contributed by atoms with Crippen LogP contribution in [0.4, 0.5) is 5.69 Å². The summed E-state index contributed by atoms with van der Waals surface area (Å²) in [5, 5.41) is 5.46. The Morgan fingerprint density at radius 1 is 0.944 bits per heavy atom. The number of hydrogen-bond acceptors (Lipinski definition) is 2. The van der Waals surface area contributed by atoms with Crippen LogP contribution in [0, 0.1) is 0 Å². The molecule has 86 valence electrons. The zero-order valence-electron chi connectivity index (χ0n) is 9.55. The molecule has 0 bridgehead atoms. The van der Waals surface area contributed by atoms with Crippen LogP contribution in [-0.4, -0.2) is 4.98 Å². The fourth-order valence-electron chi connectivity index (χ4n) is 2.25. The molecular weight excluding hydrogens is 240 g/mol. The largest absolute Gasteiger partial charge is 0.353 e. The molecule has 0 fully saturated rings. The summed E-state index contributed by atoms with van der Waals surface area (Å²) in [6.07, 6.45) is 0. The Morgan fingerprint density at radius 3 is 2.78 bits per heavy atom. The first kappa shape index (κ1) is 9.97. The van der Waals surface area contributed by atoms with E-state index in [0.29, 0.717) is 0 Å². The van der Waals surface area contributed by atoms with Crippen LogP contribution in [-0.2, 0) is 0 Å². The first-order chi connectivity index (χ1) is 8.92. The van der Waals surface area contributed by atoms with Gasteiger partial charge in [-0.05, 0) is 18.2 Å². The number of nitrogens with zero attached hydrogens (tertiary/aromatic N) is 1. The number of nitrogens with one attached hydrogen (secondary N) is 1. The van der Waals surface area contributed by atoms with Crippen molar-refractivity contribution < 1.29 is 0 Å². The van der Waals surface area contributed by atoms with Crippen LogP contribution in [0.1, 0.15) is 0 Å². The van der Waals surface area contributed by atoms with E-state index < -0.39 is 0 Å². The molecule has 3 aromatic rings. The van der Waals surface area contributed by atoms with Crippen molar-refractivity contribution in [3.8, 4) is 0 Å². The first-order valence-electron chi connectivity index (χ1n) is 5.83. The van der Waals surface area contributed by atoms with Gasteiger partial charge in [0, 0.05) is 21.2 Å². The fourth-order valence-corrected chi connectivity index (χ4v) is 3.05. The minimum atomic E-state index is 1.04. The molecule has 0 saturated heterocycles. The maximum absolute atomic E-state index is 4.81. The van der Waals surface area contributed by atoms with Gasteiger partial charge >= 0.3 is 0 Å². The Hall–Kier alpha value is -2.00. The molecule has 2 aromatic carbocycles. The molecule has 0 atom stereocenters. The maximum Gasteiger partial charge on any atom is 0.0970 e. The number of thioether (sulfide) groups is 1. The maximum atomic E-state index is 4.81. The highest BCUT2D eigenvalue weighted by molar-refractivity contribution is 8.06. The van der Waals surface area contributed by atoms with Gasteiger partial charge in [0.15, 0.2) is 0 Å². The van der Waals surface area contributed by atoms with Gasteiger partial charge in [-0.15, -0.1) is 0 Å². The SMILES string of the molecule is C1=c2[nH]c3ccccc3c2=Nc2ccccc2S1. The van der Waals surface area contributed by atoms with Crippen molar-refractivity contribution in [3.05, 3.63) is 59.2 Å². The predicted octanol–water partition coefficient (Wildman–Crippen LogP) is 2.96. The third kappa shape index (κ3) is 1.41. The van der Waals surface area contributed by atoms with E-state index in [1.54, 1.807) is 11.8 Å². The quantitative estimate of drug-likeness (QED) is 0.652. The lowest BCUT2D eigenvalue weighted by molar-refractivity contribution is 1.26. The van der Waals surface area contributed by atoms with Crippen LogP contribution in [0.2, 0.25) is 0 Å². The fraction of sp³-hybridized carbons (Fsp3) is 0. The lowest BCUT2D eigenvalue weighted by atomic mass is 10.2. The van der Waals surface area contributed by atoms with Crippen molar-refractivity contribution in [1.82, 2.24) is 4.98 Å². The van der Waals surface area contributed by atoms with Gasteiger partial charge in [-0.3, -0.25) is 0 Å². The average Bonchev–Trinajstić information content (AvgIpc) is 2.65. The summed E-state index contributed by atoms with van der Waals surface area (Å²) >= 11 is 1.72. The number of rotatable bonds is 0. The molecule has 1 aliphatic rings. The minimum absolute atomic E-state index is 1.04. The van der Waals surface area contributed by atoms with E-state index >= 15 is 0 Å². The smallest absolute Gasteiger partial charge is 0.0970 e. The first-order valence-corrected chi connectivity index (χ1v) is 6.71. The van der Waals surface area contributed by atoms with Crippen LogP contribution in [0.25, 0.3) is 16.3 Å². The molecule has 2 heterocycles. The monoisotopic (exact) mass is 250 g/mol. The molecule has 0 saturated carbocycles. The van der Waals surface area contributed by atoms with Crippen LogP contribution < -0.4 is 10.7 Å². The zero-order valence-corrected chi connectivity index (χ0v) is 10.4. The molecule has 0 spiro atoms. The van der Waals surface area contributed by atoms with Gasteiger partial charge in [-0.1, -0.05) is 42.1 Å². The van der Waals surface area contributed by atoms with Crippen molar-refractivity contribution in [3.63, 3.8) is 0 Å². The minimum Gasteiger partial charge on any atom is -0.353 e. The van der Waals surface area contributed by atoms with Gasteiger partial charge in [0.1, 0.15) is 0 Å². The highest BCUT2D eigenvalue weighted by Crippen LogP contribution is 2.30.